The first-order chi connectivity index (χ1) is 14.6. The van der Waals surface area contributed by atoms with Gasteiger partial charge >= 0.3 is 0 Å². The summed E-state index contributed by atoms with van der Waals surface area (Å²) in [6.45, 7) is 0.431. The number of carbonyl (C=O) groups is 1. The number of ether oxygens (including phenoxy) is 1. The van der Waals surface area contributed by atoms with Gasteiger partial charge in [0.2, 0.25) is 11.2 Å². The van der Waals surface area contributed by atoms with Crippen LogP contribution in [0.15, 0.2) is 95.9 Å². The summed E-state index contributed by atoms with van der Waals surface area (Å²) in [7, 11) is 0. The predicted molar refractivity (Wildman–Crippen MR) is 115 cm³/mol. The number of hydrogen-bond donors (Lipinski definition) is 0. The molecule has 0 saturated carbocycles. The van der Waals surface area contributed by atoms with Crippen LogP contribution in [0.25, 0.3) is 5.69 Å². The summed E-state index contributed by atoms with van der Waals surface area (Å²) in [6, 6.07) is 24.7. The van der Waals surface area contributed by atoms with Crippen molar-refractivity contribution in [1.82, 2.24) is 9.78 Å². The van der Waals surface area contributed by atoms with Gasteiger partial charge in [-0.25, -0.2) is 4.68 Å². The van der Waals surface area contributed by atoms with E-state index in [1.54, 1.807) is 48.5 Å². The van der Waals surface area contributed by atoms with Crippen molar-refractivity contribution in [3.05, 3.63) is 123 Å². The van der Waals surface area contributed by atoms with E-state index in [1.807, 2.05) is 30.3 Å². The molecule has 1 aromatic heterocycles. The Hall–Kier alpha value is -3.70. The Morgan fingerprint density at radius 3 is 2.30 bits per heavy atom. The minimum Gasteiger partial charge on any atom is -0.489 e. The highest BCUT2D eigenvalue weighted by Crippen LogP contribution is 2.16. The van der Waals surface area contributed by atoms with E-state index in [9.17, 15) is 9.59 Å². The van der Waals surface area contributed by atoms with E-state index in [1.165, 1.54) is 16.9 Å². The number of carbonyl (C=O) groups excluding carboxylic acids is 1. The molecule has 148 valence electrons. The quantitative estimate of drug-likeness (QED) is 0.427. The third-order valence-electron chi connectivity index (χ3n) is 4.48. The van der Waals surface area contributed by atoms with E-state index in [4.69, 9.17) is 16.3 Å². The van der Waals surface area contributed by atoms with Crippen LogP contribution in [0.2, 0.25) is 5.02 Å². The lowest BCUT2D eigenvalue weighted by Crippen LogP contribution is -2.21. The maximum absolute atomic E-state index is 12.9. The van der Waals surface area contributed by atoms with Gasteiger partial charge in [0.1, 0.15) is 12.4 Å². The normalized spacial score (nSPS) is 10.6. The van der Waals surface area contributed by atoms with Crippen LogP contribution in [-0.2, 0) is 6.61 Å². The average molecular weight is 417 g/mol. The molecule has 0 atom stereocenters. The van der Waals surface area contributed by atoms with E-state index >= 15 is 0 Å². The summed E-state index contributed by atoms with van der Waals surface area (Å²) in [5.74, 6) is 0.188. The van der Waals surface area contributed by atoms with E-state index in [0.717, 1.165) is 5.56 Å². The molecule has 6 heteroatoms. The van der Waals surface area contributed by atoms with E-state index in [2.05, 4.69) is 5.10 Å². The van der Waals surface area contributed by atoms with Gasteiger partial charge in [0, 0.05) is 22.8 Å². The molecule has 0 unspecified atom stereocenters. The van der Waals surface area contributed by atoms with E-state index < -0.39 is 11.2 Å². The maximum Gasteiger partial charge on any atom is 0.217 e. The summed E-state index contributed by atoms with van der Waals surface area (Å²) in [4.78, 5) is 25.1. The van der Waals surface area contributed by atoms with Crippen molar-refractivity contribution in [2.75, 3.05) is 0 Å². The molecule has 0 aliphatic carbocycles. The molecule has 0 aliphatic rings. The lowest BCUT2D eigenvalue weighted by molar-refractivity contribution is 0.103. The zero-order valence-corrected chi connectivity index (χ0v) is 16.6. The number of halogens is 1. The van der Waals surface area contributed by atoms with Crippen molar-refractivity contribution in [3.63, 3.8) is 0 Å². The molecule has 4 aromatic rings. The molecule has 4 rings (SSSR count). The lowest BCUT2D eigenvalue weighted by atomic mass is 10.1. The van der Waals surface area contributed by atoms with Gasteiger partial charge < -0.3 is 4.74 Å². The van der Waals surface area contributed by atoms with Gasteiger partial charge in [0.05, 0.1) is 5.69 Å². The van der Waals surface area contributed by atoms with Crippen molar-refractivity contribution in [3.8, 4) is 11.4 Å². The molecule has 30 heavy (non-hydrogen) atoms. The first-order valence-electron chi connectivity index (χ1n) is 9.27. The largest absolute Gasteiger partial charge is 0.489 e. The van der Waals surface area contributed by atoms with Crippen LogP contribution in [0.4, 0.5) is 0 Å². The van der Waals surface area contributed by atoms with Crippen molar-refractivity contribution in [2.24, 2.45) is 0 Å². The number of nitrogens with zero attached hydrogens (tertiary/aromatic N) is 2. The molecule has 5 nitrogen and oxygen atoms in total. The van der Waals surface area contributed by atoms with Gasteiger partial charge in [0.25, 0.3) is 0 Å². The fourth-order valence-electron chi connectivity index (χ4n) is 2.88. The number of aromatic nitrogens is 2. The van der Waals surface area contributed by atoms with Crippen molar-refractivity contribution in [2.45, 2.75) is 6.61 Å². The number of benzene rings is 3. The minimum absolute atomic E-state index is 0.148. The van der Waals surface area contributed by atoms with Gasteiger partial charge in [-0.3, -0.25) is 9.59 Å². The molecule has 0 saturated heterocycles. The summed E-state index contributed by atoms with van der Waals surface area (Å²) in [5, 5.41) is 4.82. The molecule has 1 heterocycles. The summed E-state index contributed by atoms with van der Waals surface area (Å²) in [5.41, 5.74) is 1.52. The zero-order valence-electron chi connectivity index (χ0n) is 15.9. The van der Waals surface area contributed by atoms with Crippen molar-refractivity contribution >= 4 is 17.4 Å². The minimum atomic E-state index is -0.446. The topological polar surface area (TPSA) is 61.2 Å². The fraction of sp³-hybridized carbons (Fsp3) is 0.0417. The predicted octanol–water partition coefficient (Wildman–Crippen LogP) is 4.70. The molecule has 0 N–H and O–H groups in total. The number of hydrogen-bond acceptors (Lipinski definition) is 4. The second kappa shape index (κ2) is 8.76. The monoisotopic (exact) mass is 416 g/mol. The van der Waals surface area contributed by atoms with Crippen LogP contribution in [0.3, 0.4) is 0 Å². The van der Waals surface area contributed by atoms with Gasteiger partial charge in [0.15, 0.2) is 5.69 Å². The number of ketones is 1. The summed E-state index contributed by atoms with van der Waals surface area (Å²) in [6.07, 6.45) is 1.52. The SMILES string of the molecule is O=C(c1ccc(OCc2ccccc2)cc1)c1nn(-c2ccc(Cl)cc2)ccc1=O. The highest BCUT2D eigenvalue weighted by Gasteiger charge is 2.16. The molecule has 3 aromatic carbocycles. The molecular weight excluding hydrogens is 400 g/mol. The molecule has 0 spiro atoms. The lowest BCUT2D eigenvalue weighted by Gasteiger charge is -2.08. The molecule has 0 radical (unpaired) electrons. The Bertz CT molecular complexity index is 1220. The zero-order chi connectivity index (χ0) is 20.9. The Labute approximate surface area is 178 Å². The van der Waals surface area contributed by atoms with E-state index in [0.29, 0.717) is 28.6 Å². The highest BCUT2D eigenvalue weighted by atomic mass is 35.5. The first-order valence-corrected chi connectivity index (χ1v) is 9.65. The van der Waals surface area contributed by atoms with Crippen LogP contribution in [0, 0.1) is 0 Å². The van der Waals surface area contributed by atoms with Gasteiger partial charge in [-0.15, -0.1) is 0 Å². The van der Waals surface area contributed by atoms with Crippen LogP contribution >= 0.6 is 11.6 Å². The Morgan fingerprint density at radius 1 is 0.900 bits per heavy atom. The second-order valence-corrected chi connectivity index (χ2v) is 7.01. The van der Waals surface area contributed by atoms with Crippen molar-refractivity contribution < 1.29 is 9.53 Å². The van der Waals surface area contributed by atoms with Crippen LogP contribution in [-0.4, -0.2) is 15.6 Å². The summed E-state index contributed by atoms with van der Waals surface area (Å²) >= 11 is 5.91. The highest BCUT2D eigenvalue weighted by molar-refractivity contribution is 6.30. The summed E-state index contributed by atoms with van der Waals surface area (Å²) < 4.78 is 7.21. The van der Waals surface area contributed by atoms with Crippen LogP contribution in [0.5, 0.6) is 5.75 Å². The average Bonchev–Trinajstić information content (AvgIpc) is 2.79. The third kappa shape index (κ3) is 4.47. The first kappa shape index (κ1) is 19.6. The van der Waals surface area contributed by atoms with Gasteiger partial charge in [-0.2, -0.15) is 5.10 Å². The Kier molecular flexibility index (Phi) is 5.72. The fourth-order valence-corrected chi connectivity index (χ4v) is 3.01. The maximum atomic E-state index is 12.9. The van der Waals surface area contributed by atoms with Crippen LogP contribution in [0.1, 0.15) is 21.6 Å². The van der Waals surface area contributed by atoms with Gasteiger partial charge in [-0.05, 0) is 54.1 Å². The van der Waals surface area contributed by atoms with E-state index in [-0.39, 0.29) is 5.69 Å². The third-order valence-corrected chi connectivity index (χ3v) is 4.73. The van der Waals surface area contributed by atoms with Gasteiger partial charge in [-0.1, -0.05) is 41.9 Å². The van der Waals surface area contributed by atoms with Crippen molar-refractivity contribution in [1.29, 1.82) is 0 Å². The molecule has 0 fully saturated rings. The smallest absolute Gasteiger partial charge is 0.217 e. The standard InChI is InChI=1S/C24H17ClN2O3/c25-19-8-10-20(11-9-19)27-15-14-22(28)23(26-27)24(29)18-6-12-21(13-7-18)30-16-17-4-2-1-3-5-17/h1-15H,16H2. The molecule has 0 bridgehead atoms. The van der Waals surface area contributed by atoms with Crippen LogP contribution < -0.4 is 10.2 Å². The Morgan fingerprint density at radius 2 is 1.60 bits per heavy atom. The second-order valence-electron chi connectivity index (χ2n) is 6.58. The Balaban J connectivity index is 1.53. The molecule has 0 aliphatic heterocycles. The molecular formula is C24H17ClN2O3. The number of rotatable bonds is 6. The molecule has 0 amide bonds.